The van der Waals surface area contributed by atoms with Crippen molar-refractivity contribution < 1.29 is 0 Å². The average Bonchev–Trinajstić information content (AvgIpc) is 2.83. The molecule has 1 nitrogen and oxygen atoms in total. The SMILES string of the molecule is CCNC(c1cc(Br)c(Cl)s1)C1CCC2CCCCC2C1. The normalized spacial score (nSPS) is 30.9. The van der Waals surface area contributed by atoms with Gasteiger partial charge in [0.15, 0.2) is 0 Å². The molecule has 3 rings (SSSR count). The van der Waals surface area contributed by atoms with Gasteiger partial charge in [0.05, 0.1) is 0 Å². The van der Waals surface area contributed by atoms with Gasteiger partial charge < -0.3 is 5.32 Å². The first-order valence-electron chi connectivity index (χ1n) is 8.37. The van der Waals surface area contributed by atoms with E-state index in [1.165, 1.54) is 49.8 Å². The highest BCUT2D eigenvalue weighted by atomic mass is 79.9. The summed E-state index contributed by atoms with van der Waals surface area (Å²) in [6.07, 6.45) is 10.1. The van der Waals surface area contributed by atoms with Crippen molar-refractivity contribution in [3.8, 4) is 0 Å². The monoisotopic (exact) mass is 389 g/mol. The molecule has 4 unspecified atom stereocenters. The summed E-state index contributed by atoms with van der Waals surface area (Å²) in [4.78, 5) is 1.41. The third kappa shape index (κ3) is 3.68. The molecular weight excluding hydrogens is 366 g/mol. The van der Waals surface area contributed by atoms with Gasteiger partial charge in [-0.2, -0.15) is 0 Å². The summed E-state index contributed by atoms with van der Waals surface area (Å²) in [7, 11) is 0. The number of nitrogens with one attached hydrogen (secondary N) is 1. The summed E-state index contributed by atoms with van der Waals surface area (Å²) in [5.41, 5.74) is 0. The molecule has 0 amide bonds. The standard InChI is InChI=1S/C17H25BrClNS/c1-2-20-16(15-10-14(18)17(19)21-15)13-8-7-11-5-3-4-6-12(11)9-13/h10-13,16,20H,2-9H2,1H3. The van der Waals surface area contributed by atoms with Crippen molar-refractivity contribution >= 4 is 38.9 Å². The van der Waals surface area contributed by atoms with Gasteiger partial charge >= 0.3 is 0 Å². The first-order chi connectivity index (χ1) is 10.2. The van der Waals surface area contributed by atoms with Crippen LogP contribution in [0.25, 0.3) is 0 Å². The molecule has 21 heavy (non-hydrogen) atoms. The Morgan fingerprint density at radius 1 is 1.29 bits per heavy atom. The van der Waals surface area contributed by atoms with Gasteiger partial charge in [-0.25, -0.2) is 0 Å². The highest BCUT2D eigenvalue weighted by Crippen LogP contribution is 2.47. The molecule has 0 radical (unpaired) electrons. The molecule has 1 aromatic heterocycles. The van der Waals surface area contributed by atoms with Crippen LogP contribution in [0.15, 0.2) is 10.5 Å². The van der Waals surface area contributed by atoms with E-state index >= 15 is 0 Å². The fourth-order valence-electron chi connectivity index (χ4n) is 4.45. The van der Waals surface area contributed by atoms with E-state index in [2.05, 4.69) is 34.2 Å². The van der Waals surface area contributed by atoms with Crippen LogP contribution in [0.2, 0.25) is 4.34 Å². The summed E-state index contributed by atoms with van der Waals surface area (Å²) in [6.45, 7) is 3.24. The van der Waals surface area contributed by atoms with Crippen molar-refractivity contribution in [1.82, 2.24) is 5.32 Å². The molecule has 2 aliphatic carbocycles. The van der Waals surface area contributed by atoms with Crippen LogP contribution in [0.1, 0.15) is 62.8 Å². The number of thiophene rings is 1. The van der Waals surface area contributed by atoms with Crippen LogP contribution in [0, 0.1) is 17.8 Å². The molecule has 0 spiro atoms. The Kier molecular flexibility index (Phi) is 5.69. The van der Waals surface area contributed by atoms with Gasteiger partial charge in [-0.15, -0.1) is 11.3 Å². The Bertz CT molecular complexity index is 456. The molecule has 1 heterocycles. The Balaban J connectivity index is 1.74. The van der Waals surface area contributed by atoms with Gasteiger partial charge in [0.25, 0.3) is 0 Å². The molecule has 2 fully saturated rings. The summed E-state index contributed by atoms with van der Waals surface area (Å²) >= 11 is 11.6. The zero-order chi connectivity index (χ0) is 14.8. The number of halogens is 2. The molecule has 0 bridgehead atoms. The van der Waals surface area contributed by atoms with Crippen LogP contribution in [0.3, 0.4) is 0 Å². The van der Waals surface area contributed by atoms with E-state index in [4.69, 9.17) is 11.6 Å². The molecular formula is C17H25BrClNS. The number of hydrogen-bond donors (Lipinski definition) is 1. The van der Waals surface area contributed by atoms with Gasteiger partial charge in [-0.3, -0.25) is 0 Å². The van der Waals surface area contributed by atoms with Crippen molar-refractivity contribution in [1.29, 1.82) is 0 Å². The van der Waals surface area contributed by atoms with Gasteiger partial charge in [0, 0.05) is 15.4 Å². The van der Waals surface area contributed by atoms with Crippen LogP contribution < -0.4 is 5.32 Å². The summed E-state index contributed by atoms with van der Waals surface area (Å²) in [6, 6.07) is 2.72. The third-order valence-electron chi connectivity index (χ3n) is 5.45. The van der Waals surface area contributed by atoms with Crippen molar-refractivity contribution in [2.75, 3.05) is 6.54 Å². The van der Waals surface area contributed by atoms with Gasteiger partial charge in [0.2, 0.25) is 0 Å². The lowest BCUT2D eigenvalue weighted by molar-refractivity contribution is 0.110. The lowest BCUT2D eigenvalue weighted by atomic mass is 9.66. The Hall–Kier alpha value is 0.430. The minimum atomic E-state index is 0.492. The van der Waals surface area contributed by atoms with Crippen molar-refractivity contribution in [3.63, 3.8) is 0 Å². The largest absolute Gasteiger partial charge is 0.309 e. The maximum atomic E-state index is 6.27. The van der Waals surface area contributed by atoms with E-state index in [9.17, 15) is 0 Å². The van der Waals surface area contributed by atoms with E-state index in [0.29, 0.717) is 6.04 Å². The van der Waals surface area contributed by atoms with Crippen LogP contribution in [0.4, 0.5) is 0 Å². The molecule has 4 atom stereocenters. The quantitative estimate of drug-likeness (QED) is 0.625. The number of rotatable bonds is 4. The highest BCUT2D eigenvalue weighted by Gasteiger charge is 2.36. The minimum Gasteiger partial charge on any atom is -0.309 e. The summed E-state index contributed by atoms with van der Waals surface area (Å²) in [5.74, 6) is 2.79. The smallest absolute Gasteiger partial charge is 0.107 e. The third-order valence-corrected chi connectivity index (χ3v) is 8.00. The fraction of sp³-hybridized carbons (Fsp3) is 0.765. The van der Waals surface area contributed by atoms with E-state index in [1.807, 2.05) is 0 Å². The number of hydrogen-bond acceptors (Lipinski definition) is 2. The first-order valence-corrected chi connectivity index (χ1v) is 10.4. The van der Waals surface area contributed by atoms with Crippen LogP contribution in [0.5, 0.6) is 0 Å². The molecule has 0 saturated heterocycles. The average molecular weight is 391 g/mol. The molecule has 1 N–H and O–H groups in total. The van der Waals surface area contributed by atoms with Crippen molar-refractivity contribution in [3.05, 3.63) is 19.8 Å². The molecule has 2 saturated carbocycles. The topological polar surface area (TPSA) is 12.0 Å². The van der Waals surface area contributed by atoms with Crippen molar-refractivity contribution in [2.45, 2.75) is 57.9 Å². The summed E-state index contributed by atoms with van der Waals surface area (Å²) < 4.78 is 1.94. The Morgan fingerprint density at radius 3 is 2.71 bits per heavy atom. The molecule has 1 aromatic rings. The van der Waals surface area contributed by atoms with Gasteiger partial charge in [0.1, 0.15) is 4.34 Å². The predicted molar refractivity (Wildman–Crippen MR) is 96.2 cm³/mol. The molecule has 2 aliphatic rings. The maximum Gasteiger partial charge on any atom is 0.107 e. The van der Waals surface area contributed by atoms with Crippen molar-refractivity contribution in [2.24, 2.45) is 17.8 Å². The van der Waals surface area contributed by atoms with E-state index in [-0.39, 0.29) is 0 Å². The molecule has 4 heteroatoms. The second kappa shape index (κ2) is 7.33. The molecule has 0 aromatic carbocycles. The zero-order valence-electron chi connectivity index (χ0n) is 12.7. The summed E-state index contributed by atoms with van der Waals surface area (Å²) in [5, 5.41) is 3.74. The first kappa shape index (κ1) is 16.3. The molecule has 0 aliphatic heterocycles. The predicted octanol–water partition coefficient (Wildman–Crippen LogP) is 6.42. The Morgan fingerprint density at radius 2 is 2.05 bits per heavy atom. The number of fused-ring (bicyclic) bond motifs is 1. The fourth-order valence-corrected chi connectivity index (χ4v) is 6.35. The van der Waals surface area contributed by atoms with Gasteiger partial charge in [-0.1, -0.05) is 44.2 Å². The van der Waals surface area contributed by atoms with E-state index in [1.54, 1.807) is 11.3 Å². The lowest BCUT2D eigenvalue weighted by Crippen LogP contribution is -2.35. The Labute approximate surface area is 146 Å². The van der Waals surface area contributed by atoms with Gasteiger partial charge in [-0.05, 0) is 65.6 Å². The van der Waals surface area contributed by atoms with Crippen LogP contribution in [-0.2, 0) is 0 Å². The molecule has 118 valence electrons. The van der Waals surface area contributed by atoms with E-state index in [0.717, 1.165) is 33.1 Å². The van der Waals surface area contributed by atoms with E-state index < -0.39 is 0 Å². The minimum absolute atomic E-state index is 0.492. The second-order valence-corrected chi connectivity index (χ2v) is 9.22. The highest BCUT2D eigenvalue weighted by molar-refractivity contribution is 9.10. The van der Waals surface area contributed by atoms with Crippen LogP contribution >= 0.6 is 38.9 Å². The second-order valence-electron chi connectivity index (χ2n) is 6.68. The zero-order valence-corrected chi connectivity index (χ0v) is 15.9. The maximum absolute atomic E-state index is 6.27. The lowest BCUT2D eigenvalue weighted by Gasteiger charge is -2.42. The van der Waals surface area contributed by atoms with Crippen LogP contribution in [-0.4, -0.2) is 6.54 Å².